The van der Waals surface area contributed by atoms with Gasteiger partial charge >= 0.3 is 5.69 Å². The van der Waals surface area contributed by atoms with Crippen molar-refractivity contribution in [2.75, 3.05) is 10.6 Å². The monoisotopic (exact) mass is 474 g/mol. The number of halogens is 2. The van der Waals surface area contributed by atoms with E-state index in [4.69, 9.17) is 28.9 Å². The van der Waals surface area contributed by atoms with Crippen LogP contribution in [0.4, 0.5) is 11.5 Å². The van der Waals surface area contributed by atoms with Crippen molar-refractivity contribution in [1.29, 1.82) is 0 Å². The fourth-order valence-electron chi connectivity index (χ4n) is 3.36. The highest BCUT2D eigenvalue weighted by Crippen LogP contribution is 2.25. The largest absolute Gasteiger partial charge is 0.383 e. The maximum Gasteiger partial charge on any atom is 0.330 e. The second-order valence-corrected chi connectivity index (χ2v) is 8.22. The number of aromatic nitrogens is 2. The molecule has 3 rings (SSSR count). The minimum absolute atomic E-state index is 0.0429. The van der Waals surface area contributed by atoms with Gasteiger partial charge in [-0.3, -0.25) is 24.0 Å². The Morgan fingerprint density at radius 2 is 1.84 bits per heavy atom. The number of nitrogens with zero attached hydrogens (tertiary/aromatic N) is 2. The van der Waals surface area contributed by atoms with Crippen LogP contribution in [0.25, 0.3) is 0 Å². The second-order valence-electron chi connectivity index (χ2n) is 7.38. The summed E-state index contributed by atoms with van der Waals surface area (Å²) in [5, 5.41) is 0.802. The smallest absolute Gasteiger partial charge is 0.330 e. The minimum Gasteiger partial charge on any atom is -0.383 e. The van der Waals surface area contributed by atoms with E-state index in [-0.39, 0.29) is 24.5 Å². The van der Waals surface area contributed by atoms with E-state index < -0.39 is 17.2 Å². The number of hydrogen-bond acceptors (Lipinski definition) is 4. The van der Waals surface area contributed by atoms with Gasteiger partial charge in [0.05, 0.1) is 13.0 Å². The molecule has 0 saturated carbocycles. The predicted molar refractivity (Wildman–Crippen MR) is 128 cm³/mol. The van der Waals surface area contributed by atoms with Gasteiger partial charge in [0.15, 0.2) is 5.69 Å². The number of carbonyl (C=O) groups is 1. The van der Waals surface area contributed by atoms with Crippen LogP contribution in [-0.4, -0.2) is 15.5 Å². The summed E-state index contributed by atoms with van der Waals surface area (Å²) >= 11 is 12.2. The van der Waals surface area contributed by atoms with Crippen molar-refractivity contribution >= 4 is 40.6 Å². The second kappa shape index (κ2) is 10.5. The fourth-order valence-corrected chi connectivity index (χ4v) is 3.83. The molecule has 1 amide bonds. The van der Waals surface area contributed by atoms with Crippen molar-refractivity contribution in [1.82, 2.24) is 9.55 Å². The SMILES string of the molecule is CCCCn1c(N)c(N(Cc2ccccc2)C(=O)Cc2ccc(Cl)cc2Cl)c(=O)[nH]c1=O. The van der Waals surface area contributed by atoms with Crippen molar-refractivity contribution in [3.8, 4) is 0 Å². The highest BCUT2D eigenvalue weighted by atomic mass is 35.5. The lowest BCUT2D eigenvalue weighted by Crippen LogP contribution is -2.41. The van der Waals surface area contributed by atoms with Crippen LogP contribution in [0.2, 0.25) is 10.0 Å². The predicted octanol–water partition coefficient (Wildman–Crippen LogP) is 4.00. The molecule has 7 nitrogen and oxygen atoms in total. The molecular weight excluding hydrogens is 451 g/mol. The summed E-state index contributed by atoms with van der Waals surface area (Å²) in [4.78, 5) is 42.1. The Morgan fingerprint density at radius 3 is 2.50 bits per heavy atom. The molecular formula is C23H24Cl2N4O3. The molecule has 0 atom stereocenters. The van der Waals surface area contributed by atoms with E-state index in [2.05, 4.69) is 4.98 Å². The average Bonchev–Trinajstić information content (AvgIpc) is 2.75. The topological polar surface area (TPSA) is 101 Å². The molecule has 0 spiro atoms. The quantitative estimate of drug-likeness (QED) is 0.514. The van der Waals surface area contributed by atoms with Crippen molar-refractivity contribution in [3.63, 3.8) is 0 Å². The Kier molecular flexibility index (Phi) is 7.77. The molecule has 0 fully saturated rings. The lowest BCUT2D eigenvalue weighted by Gasteiger charge is -2.25. The molecule has 0 radical (unpaired) electrons. The van der Waals surface area contributed by atoms with E-state index in [0.717, 1.165) is 12.0 Å². The van der Waals surface area contributed by atoms with Gasteiger partial charge in [-0.1, -0.05) is 72.9 Å². The molecule has 168 valence electrons. The Morgan fingerprint density at radius 1 is 1.12 bits per heavy atom. The van der Waals surface area contributed by atoms with Crippen LogP contribution in [0.15, 0.2) is 58.1 Å². The van der Waals surface area contributed by atoms with Crippen molar-refractivity contribution in [3.05, 3.63) is 90.5 Å². The highest BCUT2D eigenvalue weighted by molar-refractivity contribution is 6.35. The number of nitrogens with one attached hydrogen (secondary N) is 1. The van der Waals surface area contributed by atoms with Gasteiger partial charge in [0, 0.05) is 16.6 Å². The third kappa shape index (κ3) is 5.41. The van der Waals surface area contributed by atoms with Crippen molar-refractivity contribution in [2.24, 2.45) is 0 Å². The first-order valence-electron chi connectivity index (χ1n) is 10.2. The molecule has 0 unspecified atom stereocenters. The third-order valence-electron chi connectivity index (χ3n) is 5.06. The Balaban J connectivity index is 2.08. The van der Waals surface area contributed by atoms with Gasteiger partial charge in [-0.15, -0.1) is 0 Å². The molecule has 9 heteroatoms. The average molecular weight is 475 g/mol. The molecule has 3 N–H and O–H groups in total. The first kappa shape index (κ1) is 23.6. The molecule has 1 aromatic heterocycles. The summed E-state index contributed by atoms with van der Waals surface area (Å²) in [6.45, 7) is 2.42. The first-order chi connectivity index (χ1) is 15.3. The van der Waals surface area contributed by atoms with E-state index in [0.29, 0.717) is 28.6 Å². The van der Waals surface area contributed by atoms with E-state index in [1.54, 1.807) is 18.2 Å². The molecule has 0 saturated heterocycles. The van der Waals surface area contributed by atoms with Crippen LogP contribution in [0.5, 0.6) is 0 Å². The van der Waals surface area contributed by atoms with Gasteiger partial charge < -0.3 is 5.73 Å². The molecule has 32 heavy (non-hydrogen) atoms. The number of nitrogens with two attached hydrogens (primary N) is 1. The molecule has 1 heterocycles. The molecule has 0 bridgehead atoms. The van der Waals surface area contributed by atoms with Crippen LogP contribution in [-0.2, 0) is 24.3 Å². The van der Waals surface area contributed by atoms with Gasteiger partial charge in [0.25, 0.3) is 5.56 Å². The zero-order chi connectivity index (χ0) is 23.3. The standard InChI is InChI=1S/C23H24Cl2N4O3/c1-2-3-11-28-21(26)20(22(31)27-23(28)32)29(14-15-7-5-4-6-8-15)19(30)12-16-9-10-17(24)13-18(16)25/h4-10,13H,2-3,11-12,14,26H2,1H3,(H,27,31,32). The number of hydrogen-bond donors (Lipinski definition) is 2. The Labute approximate surface area is 195 Å². The van der Waals surface area contributed by atoms with Crippen LogP contribution in [0, 0.1) is 0 Å². The van der Waals surface area contributed by atoms with E-state index in [9.17, 15) is 14.4 Å². The Hall–Kier alpha value is -3.03. The molecule has 2 aromatic carbocycles. The number of anilines is 2. The third-order valence-corrected chi connectivity index (χ3v) is 5.65. The normalized spacial score (nSPS) is 10.8. The number of amides is 1. The zero-order valence-corrected chi connectivity index (χ0v) is 19.1. The molecule has 0 aliphatic carbocycles. The van der Waals surface area contributed by atoms with Crippen LogP contribution >= 0.6 is 23.2 Å². The number of carbonyl (C=O) groups excluding carboxylic acids is 1. The number of unbranched alkanes of at least 4 members (excludes halogenated alkanes) is 1. The number of H-pyrrole nitrogens is 1. The lowest BCUT2D eigenvalue weighted by atomic mass is 10.1. The summed E-state index contributed by atoms with van der Waals surface area (Å²) in [5.41, 5.74) is 6.26. The summed E-state index contributed by atoms with van der Waals surface area (Å²) in [7, 11) is 0. The van der Waals surface area contributed by atoms with E-state index >= 15 is 0 Å². The summed E-state index contributed by atoms with van der Waals surface area (Å²) < 4.78 is 1.29. The number of rotatable bonds is 8. The summed E-state index contributed by atoms with van der Waals surface area (Å²) in [5.74, 6) is -0.436. The highest BCUT2D eigenvalue weighted by Gasteiger charge is 2.25. The lowest BCUT2D eigenvalue weighted by molar-refractivity contribution is -0.118. The number of aromatic amines is 1. The van der Waals surface area contributed by atoms with Gasteiger partial charge in [-0.2, -0.15) is 0 Å². The molecule has 0 aliphatic heterocycles. The molecule has 3 aromatic rings. The molecule has 0 aliphatic rings. The van der Waals surface area contributed by atoms with Gasteiger partial charge in [0.1, 0.15) is 5.82 Å². The summed E-state index contributed by atoms with van der Waals surface area (Å²) in [6.07, 6.45) is 1.46. The van der Waals surface area contributed by atoms with Crippen LogP contribution in [0.3, 0.4) is 0 Å². The first-order valence-corrected chi connectivity index (χ1v) is 11.0. The van der Waals surface area contributed by atoms with Crippen molar-refractivity contribution < 1.29 is 4.79 Å². The fraction of sp³-hybridized carbons (Fsp3) is 0.261. The van der Waals surface area contributed by atoms with E-state index in [1.165, 1.54) is 9.47 Å². The maximum atomic E-state index is 13.4. The Bertz CT molecular complexity index is 1220. The minimum atomic E-state index is -0.716. The van der Waals surface area contributed by atoms with Crippen LogP contribution in [0.1, 0.15) is 30.9 Å². The van der Waals surface area contributed by atoms with Gasteiger partial charge in [-0.05, 0) is 29.7 Å². The van der Waals surface area contributed by atoms with Gasteiger partial charge in [0.2, 0.25) is 5.91 Å². The summed E-state index contributed by atoms with van der Waals surface area (Å²) in [6, 6.07) is 14.1. The number of benzene rings is 2. The van der Waals surface area contributed by atoms with Crippen LogP contribution < -0.4 is 21.9 Å². The van der Waals surface area contributed by atoms with E-state index in [1.807, 2.05) is 37.3 Å². The van der Waals surface area contributed by atoms with Gasteiger partial charge in [-0.25, -0.2) is 4.79 Å². The zero-order valence-electron chi connectivity index (χ0n) is 17.6. The number of nitrogen functional groups attached to an aromatic ring is 1. The maximum absolute atomic E-state index is 13.4. The van der Waals surface area contributed by atoms with Crippen molar-refractivity contribution in [2.45, 2.75) is 39.3 Å².